The van der Waals surface area contributed by atoms with Gasteiger partial charge in [-0.05, 0) is 18.8 Å². The number of hydrogen-bond acceptors (Lipinski definition) is 3. The van der Waals surface area contributed by atoms with Crippen LogP contribution >= 0.6 is 0 Å². The van der Waals surface area contributed by atoms with E-state index in [2.05, 4.69) is 24.1 Å². The van der Waals surface area contributed by atoms with Crippen LogP contribution in [0.25, 0.3) is 0 Å². The molecule has 2 aliphatic rings. The molecule has 3 N–H and O–H groups in total. The second-order valence-corrected chi connectivity index (χ2v) is 6.08. The predicted molar refractivity (Wildman–Crippen MR) is 68.6 cm³/mol. The van der Waals surface area contributed by atoms with E-state index in [1.165, 1.54) is 12.8 Å². The summed E-state index contributed by atoms with van der Waals surface area (Å²) in [4.78, 5) is 13.9. The van der Waals surface area contributed by atoms with Gasteiger partial charge in [0.1, 0.15) is 0 Å². The molecule has 0 bridgehead atoms. The molecule has 0 aromatic heterocycles. The molecule has 0 spiro atoms. The first-order valence-corrected chi connectivity index (χ1v) is 6.80. The summed E-state index contributed by atoms with van der Waals surface area (Å²) in [7, 11) is 0. The number of carbonyl (C=O) groups excluding carboxylic acids is 1. The van der Waals surface area contributed by atoms with E-state index in [-0.39, 0.29) is 11.4 Å². The van der Waals surface area contributed by atoms with Crippen LogP contribution in [0.5, 0.6) is 0 Å². The lowest BCUT2D eigenvalue weighted by Crippen LogP contribution is -2.70. The van der Waals surface area contributed by atoms with Crippen molar-refractivity contribution in [1.82, 2.24) is 10.2 Å². The van der Waals surface area contributed by atoms with Gasteiger partial charge < -0.3 is 11.1 Å². The molecule has 1 amide bonds. The van der Waals surface area contributed by atoms with Crippen molar-refractivity contribution in [3.63, 3.8) is 0 Å². The summed E-state index contributed by atoms with van der Waals surface area (Å²) < 4.78 is 0. The van der Waals surface area contributed by atoms with Crippen LogP contribution in [0.1, 0.15) is 39.5 Å². The van der Waals surface area contributed by atoms with Crippen LogP contribution < -0.4 is 11.1 Å². The number of hydrogen-bond donors (Lipinski definition) is 2. The van der Waals surface area contributed by atoms with Gasteiger partial charge in [0.2, 0.25) is 5.91 Å². The smallest absolute Gasteiger partial charge is 0.234 e. The molecule has 1 saturated heterocycles. The zero-order chi connectivity index (χ0) is 12.5. The van der Waals surface area contributed by atoms with Gasteiger partial charge in [0.05, 0.1) is 6.54 Å². The van der Waals surface area contributed by atoms with Gasteiger partial charge in [-0.25, -0.2) is 0 Å². The molecule has 0 unspecified atom stereocenters. The van der Waals surface area contributed by atoms with E-state index < -0.39 is 0 Å². The summed E-state index contributed by atoms with van der Waals surface area (Å²) in [5, 5.41) is 3.11. The third-order valence-corrected chi connectivity index (χ3v) is 4.27. The summed E-state index contributed by atoms with van der Waals surface area (Å²) >= 11 is 0. The minimum atomic E-state index is -0.0758. The average Bonchev–Trinajstić information content (AvgIpc) is 2.67. The minimum Gasteiger partial charge on any atom is -0.352 e. The highest BCUT2D eigenvalue weighted by atomic mass is 16.2. The Morgan fingerprint density at radius 3 is 2.53 bits per heavy atom. The second-order valence-electron chi connectivity index (χ2n) is 6.08. The van der Waals surface area contributed by atoms with Crippen molar-refractivity contribution in [2.24, 2.45) is 11.7 Å². The van der Waals surface area contributed by atoms with Crippen molar-refractivity contribution in [2.45, 2.75) is 51.1 Å². The number of nitrogens with one attached hydrogen (secondary N) is 1. The van der Waals surface area contributed by atoms with E-state index in [0.717, 1.165) is 25.9 Å². The molecule has 4 nitrogen and oxygen atoms in total. The summed E-state index contributed by atoms with van der Waals surface area (Å²) in [6.07, 6.45) is 4.82. The summed E-state index contributed by atoms with van der Waals surface area (Å²) in [6, 6.07) is 0.427. The molecule has 0 aromatic rings. The molecule has 0 radical (unpaired) electrons. The molecule has 17 heavy (non-hydrogen) atoms. The van der Waals surface area contributed by atoms with E-state index >= 15 is 0 Å². The SMILES string of the molecule is CC(C)C1(N)CN(CC(=O)NC2CCCC2)C1. The number of rotatable bonds is 4. The Morgan fingerprint density at radius 2 is 2.00 bits per heavy atom. The van der Waals surface area contributed by atoms with Crippen molar-refractivity contribution >= 4 is 5.91 Å². The Labute approximate surface area is 104 Å². The molecule has 0 aromatic carbocycles. The molecule has 1 aliphatic heterocycles. The lowest BCUT2D eigenvalue weighted by molar-refractivity contribution is -0.125. The number of amides is 1. The maximum Gasteiger partial charge on any atom is 0.234 e. The highest BCUT2D eigenvalue weighted by Gasteiger charge is 2.42. The zero-order valence-electron chi connectivity index (χ0n) is 11.0. The fourth-order valence-corrected chi connectivity index (χ4v) is 2.81. The number of nitrogens with zero attached hydrogens (tertiary/aromatic N) is 1. The normalized spacial score (nSPS) is 24.9. The van der Waals surface area contributed by atoms with Crippen LogP contribution in [0.4, 0.5) is 0 Å². The van der Waals surface area contributed by atoms with E-state index in [4.69, 9.17) is 5.73 Å². The first-order valence-electron chi connectivity index (χ1n) is 6.80. The van der Waals surface area contributed by atoms with Crippen molar-refractivity contribution < 1.29 is 4.79 Å². The Morgan fingerprint density at radius 1 is 1.41 bits per heavy atom. The van der Waals surface area contributed by atoms with Crippen LogP contribution in [0, 0.1) is 5.92 Å². The Bertz CT molecular complexity index is 278. The molecular weight excluding hydrogens is 214 g/mol. The lowest BCUT2D eigenvalue weighted by atomic mass is 9.80. The molecule has 2 rings (SSSR count). The van der Waals surface area contributed by atoms with Gasteiger partial charge in [0.25, 0.3) is 0 Å². The van der Waals surface area contributed by atoms with Gasteiger partial charge >= 0.3 is 0 Å². The van der Waals surface area contributed by atoms with Gasteiger partial charge in [-0.1, -0.05) is 26.7 Å². The Balaban J connectivity index is 1.67. The van der Waals surface area contributed by atoms with Gasteiger partial charge in [0, 0.05) is 24.7 Å². The molecule has 98 valence electrons. The average molecular weight is 239 g/mol. The maximum atomic E-state index is 11.8. The fraction of sp³-hybridized carbons (Fsp3) is 0.923. The summed E-state index contributed by atoms with van der Waals surface area (Å²) in [5.74, 6) is 0.652. The minimum absolute atomic E-state index is 0.0758. The standard InChI is InChI=1S/C13H25N3O/c1-10(2)13(14)8-16(9-13)7-12(17)15-11-5-3-4-6-11/h10-11H,3-9,14H2,1-2H3,(H,15,17). The topological polar surface area (TPSA) is 58.4 Å². The predicted octanol–water partition coefficient (Wildman–Crippen LogP) is 0.714. The lowest BCUT2D eigenvalue weighted by Gasteiger charge is -2.50. The molecule has 4 heteroatoms. The summed E-state index contributed by atoms with van der Waals surface area (Å²) in [6.45, 7) is 6.51. The summed E-state index contributed by atoms with van der Waals surface area (Å²) in [5.41, 5.74) is 6.13. The van der Waals surface area contributed by atoms with Gasteiger partial charge in [-0.2, -0.15) is 0 Å². The van der Waals surface area contributed by atoms with Crippen LogP contribution in [0.3, 0.4) is 0 Å². The Kier molecular flexibility index (Phi) is 3.73. The number of likely N-dealkylation sites (tertiary alicyclic amines) is 1. The zero-order valence-corrected chi connectivity index (χ0v) is 11.0. The molecule has 2 fully saturated rings. The first kappa shape index (κ1) is 12.8. The van der Waals surface area contributed by atoms with Gasteiger partial charge in [-0.15, -0.1) is 0 Å². The number of nitrogens with two attached hydrogens (primary N) is 1. The van der Waals surface area contributed by atoms with E-state index in [1.807, 2.05) is 0 Å². The van der Waals surface area contributed by atoms with Crippen LogP contribution in [-0.4, -0.2) is 42.0 Å². The highest BCUT2D eigenvalue weighted by Crippen LogP contribution is 2.25. The molecule has 1 heterocycles. The molecular formula is C13H25N3O. The molecule has 1 saturated carbocycles. The second kappa shape index (κ2) is 4.94. The van der Waals surface area contributed by atoms with Gasteiger partial charge in [-0.3, -0.25) is 9.69 Å². The van der Waals surface area contributed by atoms with E-state index in [0.29, 0.717) is 18.5 Å². The fourth-order valence-electron chi connectivity index (χ4n) is 2.81. The monoisotopic (exact) mass is 239 g/mol. The largest absolute Gasteiger partial charge is 0.352 e. The quantitative estimate of drug-likeness (QED) is 0.760. The van der Waals surface area contributed by atoms with Gasteiger partial charge in [0.15, 0.2) is 0 Å². The van der Waals surface area contributed by atoms with Crippen molar-refractivity contribution in [1.29, 1.82) is 0 Å². The third kappa shape index (κ3) is 2.99. The van der Waals surface area contributed by atoms with Crippen LogP contribution in [0.15, 0.2) is 0 Å². The van der Waals surface area contributed by atoms with Crippen molar-refractivity contribution in [3.8, 4) is 0 Å². The van der Waals surface area contributed by atoms with E-state index in [1.54, 1.807) is 0 Å². The molecule has 1 aliphatic carbocycles. The maximum absolute atomic E-state index is 11.8. The van der Waals surface area contributed by atoms with E-state index in [9.17, 15) is 4.79 Å². The van der Waals surface area contributed by atoms with Crippen LogP contribution in [0.2, 0.25) is 0 Å². The number of carbonyl (C=O) groups is 1. The molecule has 0 atom stereocenters. The highest BCUT2D eigenvalue weighted by molar-refractivity contribution is 5.78. The van der Waals surface area contributed by atoms with Crippen molar-refractivity contribution in [3.05, 3.63) is 0 Å². The van der Waals surface area contributed by atoms with Crippen molar-refractivity contribution in [2.75, 3.05) is 19.6 Å². The Hall–Kier alpha value is -0.610. The third-order valence-electron chi connectivity index (χ3n) is 4.27. The van der Waals surface area contributed by atoms with Crippen LogP contribution in [-0.2, 0) is 4.79 Å². The first-order chi connectivity index (χ1) is 7.99.